The van der Waals surface area contributed by atoms with Crippen molar-refractivity contribution in [2.75, 3.05) is 30.5 Å². The Morgan fingerprint density at radius 2 is 2.00 bits per heavy atom. The molecule has 0 amide bonds. The quantitative estimate of drug-likeness (QED) is 0.490. The zero-order valence-corrected chi connectivity index (χ0v) is 10.6. The minimum atomic E-state index is -0.609. The van der Waals surface area contributed by atoms with Crippen molar-refractivity contribution in [3.63, 3.8) is 0 Å². The summed E-state index contributed by atoms with van der Waals surface area (Å²) in [6.45, 7) is 3.21. The summed E-state index contributed by atoms with van der Waals surface area (Å²) in [6, 6.07) is 0.213. The Kier molecular flexibility index (Phi) is 3.48. The molecule has 4 N–H and O–H groups in total. The molecule has 1 saturated heterocycles. The van der Waals surface area contributed by atoms with E-state index in [1.165, 1.54) is 7.11 Å². The van der Waals surface area contributed by atoms with E-state index in [1.807, 2.05) is 11.8 Å². The lowest BCUT2D eigenvalue weighted by Gasteiger charge is -2.35. The second kappa shape index (κ2) is 4.91. The van der Waals surface area contributed by atoms with Gasteiger partial charge in [-0.1, -0.05) is 0 Å². The molecule has 0 aliphatic carbocycles. The van der Waals surface area contributed by atoms with E-state index in [4.69, 9.17) is 10.6 Å². The molecule has 1 fully saturated rings. The Balaban J connectivity index is 2.18. The highest BCUT2D eigenvalue weighted by molar-refractivity contribution is 5.38. The number of rotatable bonds is 3. The number of nitrogen functional groups attached to an aromatic ring is 1. The average molecular weight is 254 g/mol. The van der Waals surface area contributed by atoms with E-state index < -0.39 is 5.60 Å². The van der Waals surface area contributed by atoms with Crippen LogP contribution in [0.4, 0.5) is 11.9 Å². The Hall–Kier alpha value is -1.67. The second-order valence-electron chi connectivity index (χ2n) is 4.57. The number of ether oxygens (including phenoxy) is 1. The standard InChI is InChI=1S/C10H18N6O2/c1-10(17)3-5-16(6-4-10)8-12-7(15-11)13-9(14-8)18-2/h17H,3-6,11H2,1-2H3,(H,12,13,14,15). The molecule has 1 aromatic rings. The van der Waals surface area contributed by atoms with Crippen LogP contribution in [0.2, 0.25) is 0 Å². The van der Waals surface area contributed by atoms with E-state index in [0.29, 0.717) is 31.9 Å². The number of anilines is 2. The van der Waals surface area contributed by atoms with Gasteiger partial charge in [-0.15, -0.1) is 0 Å². The van der Waals surface area contributed by atoms with Crippen LogP contribution in [0.25, 0.3) is 0 Å². The first-order chi connectivity index (χ1) is 8.54. The molecule has 0 bridgehead atoms. The average Bonchev–Trinajstić information content (AvgIpc) is 2.38. The van der Waals surface area contributed by atoms with Crippen LogP contribution >= 0.6 is 0 Å². The normalized spacial score (nSPS) is 18.6. The third kappa shape index (κ3) is 2.77. The van der Waals surface area contributed by atoms with Gasteiger partial charge in [0.2, 0.25) is 11.9 Å². The van der Waals surface area contributed by atoms with E-state index >= 15 is 0 Å². The number of methoxy groups -OCH3 is 1. The predicted molar refractivity (Wildman–Crippen MR) is 66.3 cm³/mol. The van der Waals surface area contributed by atoms with Gasteiger partial charge in [0.05, 0.1) is 12.7 Å². The minimum absolute atomic E-state index is 0.213. The molecule has 2 heterocycles. The fraction of sp³-hybridized carbons (Fsp3) is 0.700. The Morgan fingerprint density at radius 3 is 2.56 bits per heavy atom. The number of aliphatic hydroxyl groups is 1. The molecular formula is C10H18N6O2. The second-order valence-corrected chi connectivity index (χ2v) is 4.57. The number of hydrogen-bond acceptors (Lipinski definition) is 8. The largest absolute Gasteiger partial charge is 0.467 e. The third-order valence-electron chi connectivity index (χ3n) is 3.04. The summed E-state index contributed by atoms with van der Waals surface area (Å²) in [5.41, 5.74) is 1.77. The molecule has 18 heavy (non-hydrogen) atoms. The maximum Gasteiger partial charge on any atom is 0.322 e. The van der Waals surface area contributed by atoms with Gasteiger partial charge in [0.25, 0.3) is 0 Å². The van der Waals surface area contributed by atoms with Crippen LogP contribution < -0.4 is 20.9 Å². The first-order valence-electron chi connectivity index (χ1n) is 5.78. The Morgan fingerprint density at radius 1 is 1.33 bits per heavy atom. The lowest BCUT2D eigenvalue weighted by atomic mass is 9.94. The van der Waals surface area contributed by atoms with Crippen LogP contribution in [0.3, 0.4) is 0 Å². The molecular weight excluding hydrogens is 236 g/mol. The highest BCUT2D eigenvalue weighted by atomic mass is 16.5. The summed E-state index contributed by atoms with van der Waals surface area (Å²) in [4.78, 5) is 14.3. The van der Waals surface area contributed by atoms with E-state index in [2.05, 4.69) is 20.4 Å². The number of nitrogens with two attached hydrogens (primary N) is 1. The van der Waals surface area contributed by atoms with Crippen LogP contribution in [0.1, 0.15) is 19.8 Å². The summed E-state index contributed by atoms with van der Waals surface area (Å²) >= 11 is 0. The molecule has 8 heteroatoms. The van der Waals surface area contributed by atoms with Gasteiger partial charge >= 0.3 is 6.01 Å². The van der Waals surface area contributed by atoms with Gasteiger partial charge in [-0.3, -0.25) is 5.43 Å². The monoisotopic (exact) mass is 254 g/mol. The van der Waals surface area contributed by atoms with Crippen LogP contribution in [0, 0.1) is 0 Å². The zero-order valence-electron chi connectivity index (χ0n) is 10.6. The fourth-order valence-corrected chi connectivity index (χ4v) is 1.83. The van der Waals surface area contributed by atoms with Crippen LogP contribution in [-0.2, 0) is 0 Å². The third-order valence-corrected chi connectivity index (χ3v) is 3.04. The van der Waals surface area contributed by atoms with E-state index in [1.54, 1.807) is 0 Å². The van der Waals surface area contributed by atoms with Crippen molar-refractivity contribution in [3.05, 3.63) is 0 Å². The number of nitrogens with zero attached hydrogens (tertiary/aromatic N) is 4. The predicted octanol–water partition coefficient (Wildman–Crippen LogP) is -0.483. The number of nitrogens with one attached hydrogen (secondary N) is 1. The SMILES string of the molecule is COc1nc(NN)nc(N2CCC(C)(O)CC2)n1. The van der Waals surface area contributed by atoms with Crippen molar-refractivity contribution in [1.82, 2.24) is 15.0 Å². The zero-order chi connectivity index (χ0) is 13.2. The molecule has 0 aromatic carbocycles. The number of hydrazine groups is 1. The molecule has 2 rings (SSSR count). The molecule has 0 atom stereocenters. The lowest BCUT2D eigenvalue weighted by Crippen LogP contribution is -2.43. The number of aromatic nitrogens is 3. The van der Waals surface area contributed by atoms with Gasteiger partial charge in [0.15, 0.2) is 0 Å². The molecule has 0 radical (unpaired) electrons. The van der Waals surface area contributed by atoms with Gasteiger partial charge in [0.1, 0.15) is 0 Å². The molecule has 8 nitrogen and oxygen atoms in total. The number of hydrogen-bond donors (Lipinski definition) is 3. The molecule has 1 aromatic heterocycles. The van der Waals surface area contributed by atoms with E-state index in [0.717, 1.165) is 0 Å². The number of piperidine rings is 1. The van der Waals surface area contributed by atoms with Crippen LogP contribution in [0.5, 0.6) is 6.01 Å². The Bertz CT molecular complexity index is 393. The first-order valence-corrected chi connectivity index (χ1v) is 5.78. The molecule has 0 saturated carbocycles. The lowest BCUT2D eigenvalue weighted by molar-refractivity contribution is 0.0348. The summed E-state index contributed by atoms with van der Waals surface area (Å²) < 4.78 is 5.00. The van der Waals surface area contributed by atoms with Crippen molar-refractivity contribution in [2.24, 2.45) is 5.84 Å². The molecule has 1 aliphatic rings. The Labute approximate surface area is 105 Å². The van der Waals surface area contributed by atoms with Gasteiger partial charge in [0, 0.05) is 13.1 Å². The van der Waals surface area contributed by atoms with Crippen LogP contribution in [0.15, 0.2) is 0 Å². The van der Waals surface area contributed by atoms with Gasteiger partial charge < -0.3 is 14.7 Å². The van der Waals surface area contributed by atoms with E-state index in [-0.39, 0.29) is 12.0 Å². The minimum Gasteiger partial charge on any atom is -0.467 e. The topological polar surface area (TPSA) is 109 Å². The maximum absolute atomic E-state index is 9.90. The maximum atomic E-state index is 9.90. The summed E-state index contributed by atoms with van der Waals surface area (Å²) in [7, 11) is 1.49. The molecule has 1 aliphatic heterocycles. The molecule has 100 valence electrons. The summed E-state index contributed by atoms with van der Waals surface area (Å²) in [6.07, 6.45) is 1.35. The van der Waals surface area contributed by atoms with Gasteiger partial charge in [-0.2, -0.15) is 15.0 Å². The van der Waals surface area contributed by atoms with Crippen molar-refractivity contribution in [2.45, 2.75) is 25.4 Å². The van der Waals surface area contributed by atoms with Crippen molar-refractivity contribution in [3.8, 4) is 6.01 Å². The van der Waals surface area contributed by atoms with Gasteiger partial charge in [-0.25, -0.2) is 5.84 Å². The van der Waals surface area contributed by atoms with Crippen molar-refractivity contribution in [1.29, 1.82) is 0 Å². The fourth-order valence-electron chi connectivity index (χ4n) is 1.83. The first kappa shape index (κ1) is 12.8. The van der Waals surface area contributed by atoms with Crippen molar-refractivity contribution >= 4 is 11.9 Å². The molecule has 0 spiro atoms. The highest BCUT2D eigenvalue weighted by Crippen LogP contribution is 2.24. The van der Waals surface area contributed by atoms with Gasteiger partial charge in [-0.05, 0) is 19.8 Å². The van der Waals surface area contributed by atoms with Crippen LogP contribution in [-0.4, -0.2) is 45.9 Å². The highest BCUT2D eigenvalue weighted by Gasteiger charge is 2.28. The summed E-state index contributed by atoms with van der Waals surface area (Å²) in [5, 5.41) is 9.90. The summed E-state index contributed by atoms with van der Waals surface area (Å²) in [5.74, 6) is 6.06. The van der Waals surface area contributed by atoms with E-state index in [9.17, 15) is 5.11 Å². The molecule has 0 unspecified atom stereocenters. The smallest absolute Gasteiger partial charge is 0.322 e. The van der Waals surface area contributed by atoms with Crippen molar-refractivity contribution < 1.29 is 9.84 Å².